The van der Waals surface area contributed by atoms with Gasteiger partial charge in [-0.3, -0.25) is 4.79 Å². The van der Waals surface area contributed by atoms with Gasteiger partial charge in [0.1, 0.15) is 5.01 Å². The number of carbonyl (C=O) groups is 1. The van der Waals surface area contributed by atoms with E-state index in [9.17, 15) is 4.79 Å². The SMILES string of the molecule is Cc1ccc(-c2nc(C)c(C(C)NC(=O)CN)s2)cc1.Cl. The summed E-state index contributed by atoms with van der Waals surface area (Å²) in [6, 6.07) is 8.22. The van der Waals surface area contributed by atoms with Crippen molar-refractivity contribution in [1.82, 2.24) is 10.3 Å². The maximum Gasteiger partial charge on any atom is 0.234 e. The highest BCUT2D eigenvalue weighted by Crippen LogP contribution is 2.31. The first-order valence-electron chi connectivity index (χ1n) is 6.55. The first-order chi connectivity index (χ1) is 9.51. The molecule has 1 aromatic carbocycles. The summed E-state index contributed by atoms with van der Waals surface area (Å²) in [5.41, 5.74) is 8.61. The molecule has 1 amide bonds. The van der Waals surface area contributed by atoms with Crippen LogP contribution in [0.2, 0.25) is 0 Å². The van der Waals surface area contributed by atoms with E-state index >= 15 is 0 Å². The van der Waals surface area contributed by atoms with Crippen LogP contribution >= 0.6 is 23.7 Å². The number of nitrogens with one attached hydrogen (secondary N) is 1. The summed E-state index contributed by atoms with van der Waals surface area (Å²) in [4.78, 5) is 17.0. The number of aromatic nitrogens is 1. The first-order valence-corrected chi connectivity index (χ1v) is 7.36. The highest BCUT2D eigenvalue weighted by Gasteiger charge is 2.16. The summed E-state index contributed by atoms with van der Waals surface area (Å²) < 4.78 is 0. The number of nitrogens with zero attached hydrogens (tertiary/aromatic N) is 1. The van der Waals surface area contributed by atoms with Gasteiger partial charge in [0.25, 0.3) is 0 Å². The molecule has 0 bridgehead atoms. The second-order valence-electron chi connectivity index (χ2n) is 4.83. The minimum atomic E-state index is -0.151. The van der Waals surface area contributed by atoms with E-state index in [0.717, 1.165) is 21.1 Å². The van der Waals surface area contributed by atoms with Crippen LogP contribution in [0.15, 0.2) is 24.3 Å². The molecule has 0 saturated carbocycles. The van der Waals surface area contributed by atoms with E-state index in [1.54, 1.807) is 11.3 Å². The van der Waals surface area contributed by atoms with Crippen molar-refractivity contribution < 1.29 is 4.79 Å². The average molecular weight is 326 g/mol. The van der Waals surface area contributed by atoms with Gasteiger partial charge in [0.2, 0.25) is 5.91 Å². The molecule has 21 heavy (non-hydrogen) atoms. The van der Waals surface area contributed by atoms with Gasteiger partial charge in [-0.25, -0.2) is 4.98 Å². The molecule has 6 heteroatoms. The van der Waals surface area contributed by atoms with E-state index in [-0.39, 0.29) is 30.9 Å². The molecule has 0 saturated heterocycles. The van der Waals surface area contributed by atoms with Crippen LogP contribution in [0.1, 0.15) is 29.1 Å². The van der Waals surface area contributed by atoms with Gasteiger partial charge in [-0.15, -0.1) is 23.7 Å². The summed E-state index contributed by atoms with van der Waals surface area (Å²) in [5, 5.41) is 3.85. The maximum atomic E-state index is 11.4. The number of rotatable bonds is 4. The molecule has 1 unspecified atom stereocenters. The molecule has 4 nitrogen and oxygen atoms in total. The molecular weight excluding hydrogens is 306 g/mol. The van der Waals surface area contributed by atoms with Crippen LogP contribution in [-0.4, -0.2) is 17.4 Å². The standard InChI is InChI=1S/C15H19N3OS.ClH/c1-9-4-6-12(7-5-9)15-18-11(3)14(20-15)10(2)17-13(19)8-16;/h4-7,10H,8,16H2,1-3H3,(H,17,19);1H. The molecular formula is C15H20ClN3OS. The molecule has 1 atom stereocenters. The quantitative estimate of drug-likeness (QED) is 0.908. The second-order valence-corrected chi connectivity index (χ2v) is 5.86. The lowest BCUT2D eigenvalue weighted by Crippen LogP contribution is -2.32. The van der Waals surface area contributed by atoms with Crippen molar-refractivity contribution in [2.75, 3.05) is 6.54 Å². The molecule has 2 rings (SSSR count). The Hall–Kier alpha value is -1.43. The minimum absolute atomic E-state index is 0. The summed E-state index contributed by atoms with van der Waals surface area (Å²) >= 11 is 1.61. The normalized spacial score (nSPS) is 11.6. The summed E-state index contributed by atoms with van der Waals surface area (Å²) in [5.74, 6) is -0.151. The van der Waals surface area contributed by atoms with Gasteiger partial charge in [0.05, 0.1) is 23.2 Å². The Bertz CT molecular complexity index is 610. The molecule has 114 valence electrons. The van der Waals surface area contributed by atoms with E-state index in [4.69, 9.17) is 5.73 Å². The summed E-state index contributed by atoms with van der Waals surface area (Å²) in [7, 11) is 0. The van der Waals surface area contributed by atoms with E-state index in [0.29, 0.717) is 0 Å². The lowest BCUT2D eigenvalue weighted by atomic mass is 10.2. The molecule has 0 aliphatic rings. The zero-order valence-corrected chi connectivity index (χ0v) is 14.0. The number of benzene rings is 1. The van der Waals surface area contributed by atoms with Crippen molar-refractivity contribution >= 4 is 29.7 Å². The monoisotopic (exact) mass is 325 g/mol. The predicted molar refractivity (Wildman–Crippen MR) is 89.9 cm³/mol. The van der Waals surface area contributed by atoms with E-state index in [1.807, 2.05) is 13.8 Å². The minimum Gasteiger partial charge on any atom is -0.348 e. The molecule has 2 aromatic rings. The number of hydrogen-bond donors (Lipinski definition) is 2. The Morgan fingerprint density at radius 3 is 2.52 bits per heavy atom. The number of halogens is 1. The van der Waals surface area contributed by atoms with Gasteiger partial charge < -0.3 is 11.1 Å². The molecule has 0 fully saturated rings. The lowest BCUT2D eigenvalue weighted by Gasteiger charge is -2.11. The fourth-order valence-electron chi connectivity index (χ4n) is 2.00. The molecule has 1 heterocycles. The Labute approximate surface area is 135 Å². The van der Waals surface area contributed by atoms with Gasteiger partial charge >= 0.3 is 0 Å². The maximum absolute atomic E-state index is 11.4. The Morgan fingerprint density at radius 1 is 1.33 bits per heavy atom. The number of carbonyl (C=O) groups excluding carboxylic acids is 1. The zero-order valence-electron chi connectivity index (χ0n) is 12.3. The summed E-state index contributed by atoms with van der Waals surface area (Å²) in [6.45, 7) is 5.99. The predicted octanol–water partition coefficient (Wildman–Crippen LogP) is 2.98. The molecule has 0 spiro atoms. The van der Waals surface area contributed by atoms with Crippen LogP contribution in [-0.2, 0) is 4.79 Å². The van der Waals surface area contributed by atoms with Crippen molar-refractivity contribution in [1.29, 1.82) is 0 Å². The van der Waals surface area contributed by atoms with Gasteiger partial charge in [-0.05, 0) is 20.8 Å². The third-order valence-corrected chi connectivity index (χ3v) is 4.48. The van der Waals surface area contributed by atoms with Crippen molar-refractivity contribution in [2.45, 2.75) is 26.8 Å². The topological polar surface area (TPSA) is 68.0 Å². The van der Waals surface area contributed by atoms with Crippen molar-refractivity contribution in [3.63, 3.8) is 0 Å². The zero-order chi connectivity index (χ0) is 14.7. The number of thiazole rings is 1. The van der Waals surface area contributed by atoms with Crippen LogP contribution in [0, 0.1) is 13.8 Å². The van der Waals surface area contributed by atoms with Crippen molar-refractivity contribution in [3.8, 4) is 10.6 Å². The Kier molecular flexibility index (Phi) is 6.33. The summed E-state index contributed by atoms with van der Waals surface area (Å²) in [6.07, 6.45) is 0. The third-order valence-electron chi connectivity index (χ3n) is 3.09. The Balaban J connectivity index is 0.00000220. The highest BCUT2D eigenvalue weighted by molar-refractivity contribution is 7.15. The number of aryl methyl sites for hydroxylation is 2. The number of amides is 1. The molecule has 0 radical (unpaired) electrons. The van der Waals surface area contributed by atoms with E-state index in [2.05, 4.69) is 41.5 Å². The highest BCUT2D eigenvalue weighted by atomic mass is 35.5. The number of nitrogens with two attached hydrogens (primary N) is 1. The largest absolute Gasteiger partial charge is 0.348 e. The fraction of sp³-hybridized carbons (Fsp3) is 0.333. The molecule has 0 aliphatic heterocycles. The van der Waals surface area contributed by atoms with Gasteiger partial charge in [-0.2, -0.15) is 0 Å². The van der Waals surface area contributed by atoms with Gasteiger partial charge in [0, 0.05) is 5.56 Å². The van der Waals surface area contributed by atoms with Gasteiger partial charge in [-0.1, -0.05) is 29.8 Å². The molecule has 0 aliphatic carbocycles. The first kappa shape index (κ1) is 17.6. The smallest absolute Gasteiger partial charge is 0.234 e. The second kappa shape index (κ2) is 7.54. The van der Waals surface area contributed by atoms with Crippen LogP contribution in [0.5, 0.6) is 0 Å². The van der Waals surface area contributed by atoms with Crippen LogP contribution in [0.4, 0.5) is 0 Å². The number of hydrogen-bond acceptors (Lipinski definition) is 4. The van der Waals surface area contributed by atoms with Crippen molar-refractivity contribution in [3.05, 3.63) is 40.4 Å². The van der Waals surface area contributed by atoms with Crippen LogP contribution in [0.25, 0.3) is 10.6 Å². The molecule has 1 aromatic heterocycles. The molecule has 3 N–H and O–H groups in total. The Morgan fingerprint density at radius 2 is 1.95 bits per heavy atom. The average Bonchev–Trinajstić information content (AvgIpc) is 2.81. The van der Waals surface area contributed by atoms with Crippen LogP contribution in [0.3, 0.4) is 0 Å². The third kappa shape index (κ3) is 4.27. The van der Waals surface area contributed by atoms with E-state index < -0.39 is 0 Å². The fourth-order valence-corrected chi connectivity index (χ4v) is 3.07. The lowest BCUT2D eigenvalue weighted by molar-refractivity contribution is -0.120. The van der Waals surface area contributed by atoms with Crippen molar-refractivity contribution in [2.24, 2.45) is 5.73 Å². The van der Waals surface area contributed by atoms with Gasteiger partial charge in [0.15, 0.2) is 0 Å². The van der Waals surface area contributed by atoms with Crippen LogP contribution < -0.4 is 11.1 Å². The van der Waals surface area contributed by atoms with E-state index in [1.165, 1.54) is 5.56 Å².